The van der Waals surface area contributed by atoms with Crippen LogP contribution in [0.15, 0.2) is 24.3 Å². The van der Waals surface area contributed by atoms with Crippen molar-refractivity contribution in [2.75, 3.05) is 13.1 Å². The zero-order valence-electron chi connectivity index (χ0n) is 13.3. The number of amides is 1. The number of rotatable bonds is 3. The highest BCUT2D eigenvalue weighted by atomic mass is 16.2. The lowest BCUT2D eigenvalue weighted by atomic mass is 9.96. The van der Waals surface area contributed by atoms with Crippen molar-refractivity contribution >= 4 is 16.8 Å². The fourth-order valence-electron chi connectivity index (χ4n) is 3.93. The first-order valence-electron chi connectivity index (χ1n) is 7.94. The van der Waals surface area contributed by atoms with Crippen LogP contribution in [0, 0.1) is 17.8 Å². The summed E-state index contributed by atoms with van der Waals surface area (Å²) < 4.78 is 1.88. The molecular weight excluding hydrogens is 276 g/mol. The molecule has 5 nitrogen and oxygen atoms in total. The maximum Gasteiger partial charge on any atom is 0.224 e. The highest BCUT2D eigenvalue weighted by Gasteiger charge is 2.57. The molecule has 1 saturated carbocycles. The number of benzene rings is 1. The third-order valence-corrected chi connectivity index (χ3v) is 5.18. The lowest BCUT2D eigenvalue weighted by molar-refractivity contribution is -0.124. The quantitative estimate of drug-likeness (QED) is 0.900. The van der Waals surface area contributed by atoms with E-state index in [0.717, 1.165) is 29.7 Å². The molecule has 0 spiro atoms. The summed E-state index contributed by atoms with van der Waals surface area (Å²) >= 11 is 0. The molecule has 1 saturated heterocycles. The predicted octanol–water partition coefficient (Wildman–Crippen LogP) is 1.39. The van der Waals surface area contributed by atoms with E-state index in [1.54, 1.807) is 0 Å². The van der Waals surface area contributed by atoms with Crippen LogP contribution in [0.1, 0.15) is 19.5 Å². The Morgan fingerprint density at radius 2 is 2.00 bits per heavy atom. The van der Waals surface area contributed by atoms with Gasteiger partial charge in [0.2, 0.25) is 5.91 Å². The number of aryl methyl sites for hydroxylation is 1. The summed E-state index contributed by atoms with van der Waals surface area (Å²) in [6.45, 7) is 6.04. The number of para-hydroxylation sites is 1. The Balaban J connectivity index is 1.61. The van der Waals surface area contributed by atoms with E-state index < -0.39 is 5.54 Å². The fraction of sp³-hybridized carbons (Fsp3) is 0.529. The van der Waals surface area contributed by atoms with Crippen molar-refractivity contribution in [3.63, 3.8) is 0 Å². The monoisotopic (exact) mass is 298 g/mol. The van der Waals surface area contributed by atoms with Gasteiger partial charge in [0.05, 0.1) is 16.7 Å². The third-order valence-electron chi connectivity index (χ3n) is 5.18. The Kier molecular flexibility index (Phi) is 2.85. The van der Waals surface area contributed by atoms with Gasteiger partial charge in [0.1, 0.15) is 0 Å². The van der Waals surface area contributed by atoms with Crippen LogP contribution in [0.2, 0.25) is 0 Å². The summed E-state index contributed by atoms with van der Waals surface area (Å²) in [4.78, 5) is 12.6. The second-order valence-corrected chi connectivity index (χ2v) is 7.12. The minimum absolute atomic E-state index is 0.177. The van der Waals surface area contributed by atoms with Gasteiger partial charge in [0.25, 0.3) is 0 Å². The van der Waals surface area contributed by atoms with E-state index in [2.05, 4.69) is 27.9 Å². The topological polar surface area (TPSA) is 59.0 Å². The molecule has 3 atom stereocenters. The van der Waals surface area contributed by atoms with E-state index in [9.17, 15) is 4.79 Å². The van der Waals surface area contributed by atoms with Gasteiger partial charge in [0.15, 0.2) is 0 Å². The molecule has 116 valence electrons. The van der Waals surface area contributed by atoms with Crippen molar-refractivity contribution in [2.45, 2.75) is 19.4 Å². The lowest BCUT2D eigenvalue weighted by Crippen LogP contribution is -2.43. The van der Waals surface area contributed by atoms with Crippen LogP contribution in [-0.4, -0.2) is 28.8 Å². The minimum Gasteiger partial charge on any atom is -0.345 e. The van der Waals surface area contributed by atoms with Crippen molar-refractivity contribution in [3.8, 4) is 0 Å². The summed E-state index contributed by atoms with van der Waals surface area (Å²) in [6, 6.07) is 8.15. The van der Waals surface area contributed by atoms with Gasteiger partial charge < -0.3 is 10.6 Å². The molecule has 1 amide bonds. The number of nitrogens with one attached hydrogen (secondary N) is 2. The lowest BCUT2D eigenvalue weighted by Gasteiger charge is -2.25. The molecule has 1 aliphatic carbocycles. The first-order valence-corrected chi connectivity index (χ1v) is 7.94. The average Bonchev–Trinajstić information content (AvgIpc) is 2.82. The van der Waals surface area contributed by atoms with Crippen molar-refractivity contribution in [1.82, 2.24) is 20.4 Å². The number of nitrogens with zero attached hydrogens (tertiary/aromatic N) is 2. The van der Waals surface area contributed by atoms with Gasteiger partial charge in [-0.25, -0.2) is 0 Å². The Morgan fingerprint density at radius 1 is 1.32 bits per heavy atom. The molecule has 4 rings (SSSR count). The number of hydrogen-bond acceptors (Lipinski definition) is 3. The van der Waals surface area contributed by atoms with Crippen LogP contribution in [0.5, 0.6) is 0 Å². The SMILES string of the molecule is Cn1nc(C(C)(C)NC(=O)[C@H]2C3CNC[C@@H]32)c2ccccc21. The van der Waals surface area contributed by atoms with Crippen molar-refractivity contribution < 1.29 is 4.79 Å². The van der Waals surface area contributed by atoms with E-state index in [1.165, 1.54) is 0 Å². The van der Waals surface area contributed by atoms with E-state index in [4.69, 9.17) is 0 Å². The maximum absolute atomic E-state index is 12.6. The molecule has 1 aromatic carbocycles. The molecule has 1 aromatic heterocycles. The molecule has 1 unspecified atom stereocenters. The number of fused-ring (bicyclic) bond motifs is 2. The standard InChI is InChI=1S/C17H22N4O/c1-17(2,19-16(22)14-11-8-18-9-12(11)14)15-10-6-4-5-7-13(10)21(3)20-15/h4-7,11-12,14,18H,8-9H2,1-3H3,(H,19,22)/t11-,12?,14+/m0/s1. The molecule has 2 aromatic rings. The van der Waals surface area contributed by atoms with Gasteiger partial charge in [-0.3, -0.25) is 9.48 Å². The van der Waals surface area contributed by atoms with E-state index >= 15 is 0 Å². The number of hydrogen-bond donors (Lipinski definition) is 2. The molecule has 2 fully saturated rings. The van der Waals surface area contributed by atoms with Gasteiger partial charge >= 0.3 is 0 Å². The summed E-state index contributed by atoms with van der Waals surface area (Å²) in [5, 5.41) is 12.3. The predicted molar refractivity (Wildman–Crippen MR) is 85.2 cm³/mol. The number of aromatic nitrogens is 2. The number of carbonyl (C=O) groups is 1. The van der Waals surface area contributed by atoms with Crippen LogP contribution >= 0.6 is 0 Å². The summed E-state index contributed by atoms with van der Waals surface area (Å²) in [5.74, 6) is 1.44. The van der Waals surface area contributed by atoms with Crippen LogP contribution in [-0.2, 0) is 17.4 Å². The van der Waals surface area contributed by atoms with Crippen LogP contribution < -0.4 is 10.6 Å². The Bertz CT molecular complexity index is 738. The molecule has 2 heterocycles. The first-order chi connectivity index (χ1) is 10.5. The second-order valence-electron chi connectivity index (χ2n) is 7.12. The van der Waals surface area contributed by atoms with Gasteiger partial charge in [-0.05, 0) is 44.8 Å². The van der Waals surface area contributed by atoms with Crippen molar-refractivity contribution in [3.05, 3.63) is 30.0 Å². The van der Waals surface area contributed by atoms with Crippen molar-refractivity contribution in [1.29, 1.82) is 0 Å². The van der Waals surface area contributed by atoms with Crippen LogP contribution in [0.4, 0.5) is 0 Å². The highest BCUT2D eigenvalue weighted by molar-refractivity contribution is 5.86. The molecular formula is C17H22N4O. The zero-order chi connectivity index (χ0) is 15.5. The molecule has 2 aliphatic rings. The Hall–Kier alpha value is -1.88. The largest absolute Gasteiger partial charge is 0.345 e. The van der Waals surface area contributed by atoms with Crippen LogP contribution in [0.25, 0.3) is 10.9 Å². The summed E-state index contributed by atoms with van der Waals surface area (Å²) in [6.07, 6.45) is 0. The first kappa shape index (κ1) is 13.8. The molecule has 1 aliphatic heterocycles. The minimum atomic E-state index is -0.470. The number of carbonyl (C=O) groups excluding carboxylic acids is 1. The molecule has 5 heteroatoms. The molecule has 22 heavy (non-hydrogen) atoms. The fourth-order valence-corrected chi connectivity index (χ4v) is 3.93. The molecule has 0 bridgehead atoms. The Morgan fingerprint density at radius 3 is 2.73 bits per heavy atom. The van der Waals surface area contributed by atoms with Gasteiger partial charge in [-0.2, -0.15) is 5.10 Å². The highest BCUT2D eigenvalue weighted by Crippen LogP contribution is 2.49. The second kappa shape index (κ2) is 4.56. The summed E-state index contributed by atoms with van der Waals surface area (Å²) in [5.41, 5.74) is 1.55. The third kappa shape index (κ3) is 1.96. The molecule has 0 radical (unpaired) electrons. The average molecular weight is 298 g/mol. The van der Waals surface area contributed by atoms with E-state index in [1.807, 2.05) is 37.7 Å². The summed E-state index contributed by atoms with van der Waals surface area (Å²) in [7, 11) is 1.95. The van der Waals surface area contributed by atoms with Gasteiger partial charge in [0, 0.05) is 18.4 Å². The number of piperidine rings is 1. The Labute approximate surface area is 130 Å². The smallest absolute Gasteiger partial charge is 0.224 e. The van der Waals surface area contributed by atoms with Crippen molar-refractivity contribution in [2.24, 2.45) is 24.8 Å². The maximum atomic E-state index is 12.6. The van der Waals surface area contributed by atoms with Crippen LogP contribution in [0.3, 0.4) is 0 Å². The normalized spacial score (nSPS) is 27.0. The van der Waals surface area contributed by atoms with E-state index in [-0.39, 0.29) is 11.8 Å². The van der Waals surface area contributed by atoms with Gasteiger partial charge in [-0.1, -0.05) is 18.2 Å². The van der Waals surface area contributed by atoms with E-state index in [0.29, 0.717) is 11.8 Å². The molecule has 2 N–H and O–H groups in total. The zero-order valence-corrected chi connectivity index (χ0v) is 13.3. The van der Waals surface area contributed by atoms with Gasteiger partial charge in [-0.15, -0.1) is 0 Å².